The van der Waals surface area contributed by atoms with Gasteiger partial charge in [0.25, 0.3) is 5.91 Å². The van der Waals surface area contributed by atoms with Crippen LogP contribution in [-0.2, 0) is 20.9 Å². The minimum absolute atomic E-state index is 0.0144. The summed E-state index contributed by atoms with van der Waals surface area (Å²) < 4.78 is -0.668. The zero-order valence-corrected chi connectivity index (χ0v) is 26.8. The van der Waals surface area contributed by atoms with Crippen LogP contribution < -0.4 is 4.90 Å². The van der Waals surface area contributed by atoms with Gasteiger partial charge in [-0.25, -0.2) is 0 Å². The normalized spacial score (nSPS) is 25.2. The van der Waals surface area contributed by atoms with Crippen molar-refractivity contribution in [3.05, 3.63) is 90.5 Å². The second-order valence-electron chi connectivity index (χ2n) is 12.3. The van der Waals surface area contributed by atoms with E-state index in [4.69, 9.17) is 0 Å². The minimum Gasteiger partial charge on any atom is -0.396 e. The molecule has 8 heteroatoms. The summed E-state index contributed by atoms with van der Waals surface area (Å²) in [5.74, 6) is -1.27. The number of amides is 3. The maximum atomic E-state index is 14.9. The molecule has 0 aromatic heterocycles. The van der Waals surface area contributed by atoms with Crippen LogP contribution in [0.15, 0.2) is 73.8 Å². The molecule has 1 N–H and O–H groups in total. The number of hydrogen-bond donors (Lipinski definition) is 1. The standard InChI is InChI=1S/C36H45N3O4S/c1-5-20-37(24-27-16-9-7-10-17-27)33(41)29-28-18-19-36(44-28)30(29)34(42)39(22-11-8-12-23-40)32(36)35(43)38(21-6-2)31-25(3)14-13-15-26(31)4/h5-7,9-10,13-17,28-30,32,40H,1-2,8,11-12,18-24H2,3-4H3/t28-,29+,30+,32?,36?/m1/s1. The first-order valence-electron chi connectivity index (χ1n) is 15.8. The molecule has 2 bridgehead atoms. The fourth-order valence-electron chi connectivity index (χ4n) is 7.73. The molecule has 3 fully saturated rings. The summed E-state index contributed by atoms with van der Waals surface area (Å²) in [6, 6.07) is 15.2. The van der Waals surface area contributed by atoms with Crippen molar-refractivity contribution in [1.29, 1.82) is 0 Å². The number of para-hydroxylation sites is 1. The SMILES string of the molecule is C=CCN(Cc1ccccc1)C(=O)[C@@H]1[C@H]2C(=O)N(CCCCCO)C(C(=O)N(CC=C)c3c(C)cccc3C)C23CC[C@H]1S3. The molecule has 0 radical (unpaired) electrons. The summed E-state index contributed by atoms with van der Waals surface area (Å²) in [7, 11) is 0. The number of thioether (sulfide) groups is 1. The summed E-state index contributed by atoms with van der Waals surface area (Å²) >= 11 is 1.71. The predicted octanol–water partition coefficient (Wildman–Crippen LogP) is 5.29. The first kappa shape index (κ1) is 32.0. The summed E-state index contributed by atoms with van der Waals surface area (Å²) in [6.07, 6.45) is 7.09. The van der Waals surface area contributed by atoms with Gasteiger partial charge in [-0.3, -0.25) is 14.4 Å². The summed E-state index contributed by atoms with van der Waals surface area (Å²) in [5.41, 5.74) is 3.87. The maximum Gasteiger partial charge on any atom is 0.251 e. The van der Waals surface area contributed by atoms with Crippen molar-refractivity contribution in [3.8, 4) is 0 Å². The molecule has 2 aromatic carbocycles. The topological polar surface area (TPSA) is 81.2 Å². The molecule has 3 amide bonds. The van der Waals surface area contributed by atoms with E-state index in [0.29, 0.717) is 39.0 Å². The number of fused-ring (bicyclic) bond motifs is 1. The molecule has 0 aliphatic carbocycles. The summed E-state index contributed by atoms with van der Waals surface area (Å²) in [6.45, 7) is 13.6. The predicted molar refractivity (Wildman–Crippen MR) is 177 cm³/mol. The van der Waals surface area contributed by atoms with Gasteiger partial charge in [0.15, 0.2) is 0 Å². The summed E-state index contributed by atoms with van der Waals surface area (Å²) in [5, 5.41) is 9.36. The van der Waals surface area contributed by atoms with Gasteiger partial charge in [-0.05, 0) is 62.6 Å². The average molecular weight is 616 g/mol. The van der Waals surface area contributed by atoms with Crippen molar-refractivity contribution in [2.75, 3.05) is 31.1 Å². The lowest BCUT2D eigenvalue weighted by Crippen LogP contribution is -2.55. The Balaban J connectivity index is 1.53. The van der Waals surface area contributed by atoms with E-state index in [-0.39, 0.29) is 29.6 Å². The Labute approximate surface area is 266 Å². The molecule has 3 saturated heterocycles. The molecule has 5 atom stereocenters. The highest BCUT2D eigenvalue weighted by molar-refractivity contribution is 8.02. The molecule has 44 heavy (non-hydrogen) atoms. The van der Waals surface area contributed by atoms with E-state index in [0.717, 1.165) is 41.6 Å². The number of hydrogen-bond acceptors (Lipinski definition) is 5. The molecular formula is C36H45N3O4S. The zero-order chi connectivity index (χ0) is 31.4. The molecule has 3 aliphatic rings. The molecule has 0 saturated carbocycles. The van der Waals surface area contributed by atoms with Crippen molar-refractivity contribution >= 4 is 35.2 Å². The van der Waals surface area contributed by atoms with E-state index in [2.05, 4.69) is 13.2 Å². The second-order valence-corrected chi connectivity index (χ2v) is 13.9. The largest absolute Gasteiger partial charge is 0.396 e. The third-order valence-electron chi connectivity index (χ3n) is 9.54. The van der Waals surface area contributed by atoms with Crippen molar-refractivity contribution < 1.29 is 19.5 Å². The Bertz CT molecular complexity index is 1380. The van der Waals surface area contributed by atoms with Crippen molar-refractivity contribution in [2.45, 2.75) is 68.5 Å². The lowest BCUT2D eigenvalue weighted by atomic mass is 9.70. The lowest BCUT2D eigenvalue weighted by molar-refractivity contribution is -0.144. The van der Waals surface area contributed by atoms with Crippen molar-refractivity contribution in [3.63, 3.8) is 0 Å². The highest BCUT2D eigenvalue weighted by atomic mass is 32.2. The van der Waals surface area contributed by atoms with Gasteiger partial charge in [0.1, 0.15) is 6.04 Å². The van der Waals surface area contributed by atoms with E-state index < -0.39 is 22.6 Å². The summed E-state index contributed by atoms with van der Waals surface area (Å²) in [4.78, 5) is 49.2. The molecular weight excluding hydrogens is 570 g/mol. The van der Waals surface area contributed by atoms with E-state index >= 15 is 0 Å². The number of unbranched alkanes of at least 4 members (excludes halogenated alkanes) is 2. The highest BCUT2D eigenvalue weighted by Crippen LogP contribution is 2.66. The zero-order valence-electron chi connectivity index (χ0n) is 26.0. The van der Waals surface area contributed by atoms with Gasteiger partial charge in [-0.15, -0.1) is 24.9 Å². The fourth-order valence-corrected chi connectivity index (χ4v) is 9.93. The molecule has 1 spiro atoms. The number of carbonyl (C=O) groups is 3. The van der Waals surface area contributed by atoms with Gasteiger partial charge in [-0.2, -0.15) is 0 Å². The molecule has 2 aromatic rings. The molecule has 234 valence electrons. The van der Waals surface area contributed by atoms with E-state index in [1.807, 2.05) is 67.3 Å². The molecule has 7 nitrogen and oxygen atoms in total. The molecule has 3 aliphatic heterocycles. The average Bonchev–Trinajstić information content (AvgIpc) is 3.66. The van der Waals surface area contributed by atoms with Crippen LogP contribution in [0.25, 0.3) is 0 Å². The molecule has 2 unspecified atom stereocenters. The number of rotatable bonds is 14. The van der Waals surface area contributed by atoms with Crippen LogP contribution in [0.5, 0.6) is 0 Å². The Kier molecular flexibility index (Phi) is 10.0. The van der Waals surface area contributed by atoms with Crippen LogP contribution in [0.4, 0.5) is 5.69 Å². The van der Waals surface area contributed by atoms with Crippen LogP contribution in [0.3, 0.4) is 0 Å². The van der Waals surface area contributed by atoms with E-state index in [1.54, 1.807) is 33.7 Å². The number of benzene rings is 2. The van der Waals surface area contributed by atoms with Gasteiger partial charge in [0.2, 0.25) is 11.8 Å². The Morgan fingerprint density at radius 3 is 2.36 bits per heavy atom. The van der Waals surface area contributed by atoms with Crippen LogP contribution in [0.1, 0.15) is 48.8 Å². The van der Waals surface area contributed by atoms with E-state index in [1.165, 1.54) is 0 Å². The number of likely N-dealkylation sites (tertiary alicyclic amines) is 1. The number of aliphatic hydroxyl groups excluding tert-OH is 1. The number of aliphatic hydroxyl groups is 1. The highest BCUT2D eigenvalue weighted by Gasteiger charge is 2.74. The van der Waals surface area contributed by atoms with Gasteiger partial charge in [0, 0.05) is 43.7 Å². The smallest absolute Gasteiger partial charge is 0.251 e. The van der Waals surface area contributed by atoms with Gasteiger partial charge in [0.05, 0.1) is 16.6 Å². The Morgan fingerprint density at radius 2 is 1.70 bits per heavy atom. The van der Waals surface area contributed by atoms with Crippen molar-refractivity contribution in [1.82, 2.24) is 9.80 Å². The fraction of sp³-hybridized carbons (Fsp3) is 0.472. The minimum atomic E-state index is -0.678. The van der Waals surface area contributed by atoms with Gasteiger partial charge >= 0.3 is 0 Å². The maximum absolute atomic E-state index is 14.9. The monoisotopic (exact) mass is 615 g/mol. The van der Waals surface area contributed by atoms with Gasteiger partial charge < -0.3 is 19.8 Å². The van der Waals surface area contributed by atoms with Gasteiger partial charge in [-0.1, -0.05) is 60.7 Å². The van der Waals surface area contributed by atoms with E-state index in [9.17, 15) is 19.5 Å². The lowest BCUT2D eigenvalue weighted by Gasteiger charge is -2.38. The van der Waals surface area contributed by atoms with Crippen molar-refractivity contribution in [2.24, 2.45) is 11.8 Å². The number of nitrogens with zero attached hydrogens (tertiary/aromatic N) is 3. The molecule has 5 rings (SSSR count). The van der Waals surface area contributed by atoms with Crippen LogP contribution >= 0.6 is 11.8 Å². The number of aryl methyl sites for hydroxylation is 2. The number of anilines is 1. The Morgan fingerprint density at radius 1 is 1.00 bits per heavy atom. The van der Waals surface area contributed by atoms with Crippen LogP contribution in [-0.4, -0.2) is 74.9 Å². The third kappa shape index (κ3) is 5.74. The Hall–Kier alpha value is -3.36. The number of carbonyl (C=O) groups excluding carboxylic acids is 3. The van der Waals surface area contributed by atoms with Crippen LogP contribution in [0.2, 0.25) is 0 Å². The quantitative estimate of drug-likeness (QED) is 0.231. The first-order chi connectivity index (χ1) is 21.3. The first-order valence-corrected chi connectivity index (χ1v) is 16.7. The third-order valence-corrected chi connectivity index (χ3v) is 11.5. The van der Waals surface area contributed by atoms with Crippen LogP contribution in [0, 0.1) is 25.7 Å². The second kappa shape index (κ2) is 13.7. The molecule has 3 heterocycles.